The summed E-state index contributed by atoms with van der Waals surface area (Å²) in [5, 5.41) is 0.505. The van der Waals surface area contributed by atoms with Gasteiger partial charge in [-0.15, -0.1) is 0 Å². The first-order chi connectivity index (χ1) is 8.78. The van der Waals surface area contributed by atoms with E-state index in [4.69, 9.17) is 25.8 Å². The van der Waals surface area contributed by atoms with Crippen LogP contribution in [-0.4, -0.2) is 36.4 Å². The van der Waals surface area contributed by atoms with Crippen LogP contribution in [-0.2, 0) is 4.74 Å². The first kappa shape index (κ1) is 11.5. The lowest BCUT2D eigenvalue weighted by atomic mass is 10.2. The number of nitrogens with zero attached hydrogens (tertiary/aromatic N) is 2. The van der Waals surface area contributed by atoms with Gasteiger partial charge in [0.2, 0.25) is 5.88 Å². The van der Waals surface area contributed by atoms with Gasteiger partial charge in [-0.25, -0.2) is 9.97 Å². The molecule has 1 aromatic carbocycles. The fourth-order valence-electron chi connectivity index (χ4n) is 1.59. The number of benzene rings is 1. The molecule has 1 aliphatic heterocycles. The molecule has 0 spiro atoms. The number of rotatable bonds is 4. The molecule has 5 nitrogen and oxygen atoms in total. The number of hydrogen-bond acceptors (Lipinski definition) is 5. The first-order valence-corrected chi connectivity index (χ1v) is 5.89. The van der Waals surface area contributed by atoms with Crippen LogP contribution in [0.1, 0.15) is 0 Å². The van der Waals surface area contributed by atoms with Crippen molar-refractivity contribution in [2.24, 2.45) is 0 Å². The topological polar surface area (TPSA) is 56.8 Å². The van der Waals surface area contributed by atoms with Crippen LogP contribution in [0.15, 0.2) is 18.3 Å². The predicted octanol–water partition coefficient (Wildman–Crippen LogP) is 2.07. The van der Waals surface area contributed by atoms with E-state index < -0.39 is 0 Å². The first-order valence-electron chi connectivity index (χ1n) is 5.51. The van der Waals surface area contributed by atoms with Gasteiger partial charge >= 0.3 is 0 Å². The van der Waals surface area contributed by atoms with Gasteiger partial charge in [-0.2, -0.15) is 0 Å². The molecule has 0 bridgehead atoms. The Hall–Kier alpha value is -1.59. The summed E-state index contributed by atoms with van der Waals surface area (Å²) in [6.07, 6.45) is 1.72. The van der Waals surface area contributed by atoms with Gasteiger partial charge in [0.15, 0.2) is 5.75 Å². The SMILES string of the molecule is COc1cnc2ccc(Cl)c(OC[C@@H]3CO3)c2n1. The van der Waals surface area contributed by atoms with Gasteiger partial charge in [0, 0.05) is 0 Å². The summed E-state index contributed by atoms with van der Waals surface area (Å²) < 4.78 is 15.8. The van der Waals surface area contributed by atoms with E-state index in [1.165, 1.54) is 0 Å². The van der Waals surface area contributed by atoms with Gasteiger partial charge in [-0.3, -0.25) is 0 Å². The lowest BCUT2D eigenvalue weighted by Gasteiger charge is -2.09. The quantitative estimate of drug-likeness (QED) is 0.793. The minimum Gasteiger partial charge on any atom is -0.487 e. The Morgan fingerprint density at radius 2 is 2.33 bits per heavy atom. The highest BCUT2D eigenvalue weighted by Crippen LogP contribution is 2.32. The Morgan fingerprint density at radius 1 is 1.50 bits per heavy atom. The van der Waals surface area contributed by atoms with Gasteiger partial charge < -0.3 is 14.2 Å². The Balaban J connectivity index is 2.03. The van der Waals surface area contributed by atoms with E-state index in [0.29, 0.717) is 34.3 Å². The largest absolute Gasteiger partial charge is 0.487 e. The van der Waals surface area contributed by atoms with Crippen LogP contribution in [0.25, 0.3) is 11.0 Å². The van der Waals surface area contributed by atoms with E-state index in [9.17, 15) is 0 Å². The number of methoxy groups -OCH3 is 1. The summed E-state index contributed by atoms with van der Waals surface area (Å²) >= 11 is 6.13. The average molecular weight is 267 g/mol. The van der Waals surface area contributed by atoms with Crippen molar-refractivity contribution >= 4 is 22.6 Å². The van der Waals surface area contributed by atoms with Crippen molar-refractivity contribution in [2.75, 3.05) is 20.3 Å². The molecule has 0 amide bonds. The number of fused-ring (bicyclic) bond motifs is 1. The number of epoxide rings is 1. The number of halogens is 1. The molecule has 6 heteroatoms. The second-order valence-corrected chi connectivity index (χ2v) is 4.33. The molecule has 0 unspecified atom stereocenters. The van der Waals surface area contributed by atoms with Gasteiger partial charge in [0.05, 0.1) is 30.5 Å². The molecule has 94 valence electrons. The Kier molecular flexibility index (Phi) is 2.93. The third-order valence-corrected chi connectivity index (χ3v) is 2.92. The summed E-state index contributed by atoms with van der Waals surface area (Å²) in [5.74, 6) is 0.952. The van der Waals surface area contributed by atoms with Crippen molar-refractivity contribution in [3.05, 3.63) is 23.4 Å². The molecule has 1 fully saturated rings. The summed E-state index contributed by atoms with van der Waals surface area (Å²) in [4.78, 5) is 8.56. The highest BCUT2D eigenvalue weighted by atomic mass is 35.5. The number of hydrogen-bond donors (Lipinski definition) is 0. The molecular weight excluding hydrogens is 256 g/mol. The minimum atomic E-state index is 0.162. The van der Waals surface area contributed by atoms with Crippen molar-refractivity contribution in [2.45, 2.75) is 6.10 Å². The highest BCUT2D eigenvalue weighted by molar-refractivity contribution is 6.33. The number of aromatic nitrogens is 2. The van der Waals surface area contributed by atoms with Gasteiger partial charge in [0.1, 0.15) is 18.2 Å². The van der Waals surface area contributed by atoms with Gasteiger partial charge in [0.25, 0.3) is 0 Å². The van der Waals surface area contributed by atoms with E-state index in [-0.39, 0.29) is 6.10 Å². The zero-order valence-electron chi connectivity index (χ0n) is 9.72. The molecule has 1 aromatic heterocycles. The maximum absolute atomic E-state index is 6.13. The van der Waals surface area contributed by atoms with E-state index in [2.05, 4.69) is 9.97 Å². The predicted molar refractivity (Wildman–Crippen MR) is 66.3 cm³/mol. The normalized spacial score (nSPS) is 17.8. The molecule has 2 heterocycles. The third kappa shape index (κ3) is 2.19. The summed E-state index contributed by atoms with van der Waals surface area (Å²) in [5.41, 5.74) is 1.31. The summed E-state index contributed by atoms with van der Waals surface area (Å²) in [6.45, 7) is 1.20. The molecule has 1 atom stereocenters. The molecule has 0 aliphatic carbocycles. The lowest BCUT2D eigenvalue weighted by molar-refractivity contribution is 0.265. The van der Waals surface area contributed by atoms with Crippen LogP contribution < -0.4 is 9.47 Å². The van der Waals surface area contributed by atoms with Crippen molar-refractivity contribution in [3.8, 4) is 11.6 Å². The van der Waals surface area contributed by atoms with Crippen molar-refractivity contribution in [1.82, 2.24) is 9.97 Å². The fraction of sp³-hybridized carbons (Fsp3) is 0.333. The average Bonchev–Trinajstić information content (AvgIpc) is 3.21. The molecule has 0 radical (unpaired) electrons. The lowest BCUT2D eigenvalue weighted by Crippen LogP contribution is -2.05. The molecule has 3 rings (SSSR count). The van der Waals surface area contributed by atoms with Crippen LogP contribution in [0.2, 0.25) is 5.02 Å². The fourth-order valence-corrected chi connectivity index (χ4v) is 1.80. The van der Waals surface area contributed by atoms with Crippen LogP contribution >= 0.6 is 11.6 Å². The summed E-state index contributed by atoms with van der Waals surface area (Å²) in [6, 6.07) is 3.54. The zero-order valence-corrected chi connectivity index (χ0v) is 10.5. The van der Waals surface area contributed by atoms with E-state index in [1.54, 1.807) is 25.4 Å². The van der Waals surface area contributed by atoms with Crippen molar-refractivity contribution in [3.63, 3.8) is 0 Å². The second-order valence-electron chi connectivity index (χ2n) is 3.92. The Bertz CT molecular complexity index is 587. The smallest absolute Gasteiger partial charge is 0.232 e. The highest BCUT2D eigenvalue weighted by Gasteiger charge is 2.24. The molecule has 2 aromatic rings. The van der Waals surface area contributed by atoms with Crippen LogP contribution in [0.4, 0.5) is 0 Å². The molecular formula is C12H11ClN2O3. The summed E-state index contributed by atoms with van der Waals surface area (Å²) in [7, 11) is 1.54. The molecule has 18 heavy (non-hydrogen) atoms. The monoisotopic (exact) mass is 266 g/mol. The van der Waals surface area contributed by atoms with Crippen molar-refractivity contribution < 1.29 is 14.2 Å². The minimum absolute atomic E-state index is 0.162. The third-order valence-electron chi connectivity index (χ3n) is 2.62. The van der Waals surface area contributed by atoms with E-state index in [0.717, 1.165) is 6.61 Å². The standard InChI is InChI=1S/C12H11ClN2O3/c1-16-10-4-14-9-3-2-8(13)12(11(9)15-10)18-6-7-5-17-7/h2-4,7H,5-6H2,1H3/t7-/m0/s1. The molecule has 1 aliphatic rings. The van der Waals surface area contributed by atoms with E-state index in [1.807, 2.05) is 0 Å². The maximum Gasteiger partial charge on any atom is 0.232 e. The molecule has 0 saturated carbocycles. The van der Waals surface area contributed by atoms with Crippen LogP contribution in [0.3, 0.4) is 0 Å². The van der Waals surface area contributed by atoms with Crippen molar-refractivity contribution in [1.29, 1.82) is 0 Å². The number of ether oxygens (including phenoxy) is 3. The van der Waals surface area contributed by atoms with Gasteiger partial charge in [-0.05, 0) is 12.1 Å². The maximum atomic E-state index is 6.13. The molecule has 0 N–H and O–H groups in total. The van der Waals surface area contributed by atoms with Gasteiger partial charge in [-0.1, -0.05) is 11.6 Å². The van der Waals surface area contributed by atoms with Crippen LogP contribution in [0.5, 0.6) is 11.6 Å². The Labute approximate surface area is 109 Å². The molecule has 1 saturated heterocycles. The zero-order chi connectivity index (χ0) is 12.5. The van der Waals surface area contributed by atoms with E-state index >= 15 is 0 Å². The Morgan fingerprint density at radius 3 is 3.06 bits per heavy atom. The van der Waals surface area contributed by atoms with Crippen LogP contribution in [0, 0.1) is 0 Å². The second kappa shape index (κ2) is 4.59.